The molecule has 0 fully saturated rings. The van der Waals surface area contributed by atoms with Gasteiger partial charge in [0, 0.05) is 0 Å². The Balaban J connectivity index is 0.000000605. The Labute approximate surface area is 85.0 Å². The molecule has 0 saturated carbocycles. The largest absolute Gasteiger partial charge is 2.00 e. The van der Waals surface area contributed by atoms with Gasteiger partial charge in [0.2, 0.25) is 0 Å². The van der Waals surface area contributed by atoms with Crippen LogP contribution in [0.3, 0.4) is 0 Å². The molecule has 0 N–H and O–H groups in total. The second kappa shape index (κ2) is 3.53. The third kappa shape index (κ3) is 1.73. The summed E-state index contributed by atoms with van der Waals surface area (Å²) in [5.41, 5.74) is 2.78. The van der Waals surface area contributed by atoms with Gasteiger partial charge in [0.25, 0.3) is 0 Å². The summed E-state index contributed by atoms with van der Waals surface area (Å²) in [6.07, 6.45) is 3.24. The van der Waals surface area contributed by atoms with Crippen LogP contribution in [0.2, 0.25) is 0 Å². The molecule has 0 saturated heterocycles. The molecule has 0 bridgehead atoms. The molecular weight excluding hydrogens is 184 g/mol. The van der Waals surface area contributed by atoms with E-state index in [0.29, 0.717) is 0 Å². The van der Waals surface area contributed by atoms with Crippen molar-refractivity contribution in [2.45, 2.75) is 6.42 Å². The number of fused-ring (bicyclic) bond motifs is 1. The Morgan fingerprint density at radius 1 is 1.18 bits per heavy atom. The summed E-state index contributed by atoms with van der Waals surface area (Å²) in [6.45, 7) is 0. The number of rotatable bonds is 0. The van der Waals surface area contributed by atoms with Crippen molar-refractivity contribution < 1.29 is 21.7 Å². The number of hydrogen-bond donors (Lipinski definition) is 0. The molecule has 11 heavy (non-hydrogen) atoms. The van der Waals surface area contributed by atoms with Gasteiger partial charge in [0.05, 0.1) is 10.2 Å². The number of benzene rings is 1. The van der Waals surface area contributed by atoms with Gasteiger partial charge in [0.1, 0.15) is 0 Å². The first-order chi connectivity index (χ1) is 4.86. The molecule has 1 aliphatic rings. The quantitative estimate of drug-likeness (QED) is 0.548. The third-order valence-corrected chi connectivity index (χ3v) is 2.09. The summed E-state index contributed by atoms with van der Waals surface area (Å²) in [4.78, 5) is 0. The van der Waals surface area contributed by atoms with Gasteiger partial charge in [0.15, 0.2) is 0 Å². The van der Waals surface area contributed by atoms with Crippen molar-refractivity contribution in [2.75, 3.05) is 0 Å². The van der Waals surface area contributed by atoms with Gasteiger partial charge in [-0.25, -0.2) is 0 Å². The summed E-state index contributed by atoms with van der Waals surface area (Å²) in [7, 11) is 3.53. The molecule has 0 spiro atoms. The summed E-state index contributed by atoms with van der Waals surface area (Å²) < 4.78 is 0. The van der Waals surface area contributed by atoms with Gasteiger partial charge in [-0.05, 0) is 17.5 Å². The standard InChI is InChI=1S/C9H7Si.Ti/c10-9-5-7-3-1-2-4-8(7)6-9;/h1-5H,6H2;/q;+2. The van der Waals surface area contributed by atoms with E-state index in [9.17, 15) is 0 Å². The van der Waals surface area contributed by atoms with Crippen LogP contribution in [-0.2, 0) is 28.1 Å². The van der Waals surface area contributed by atoms with Gasteiger partial charge in [-0.1, -0.05) is 35.5 Å². The molecule has 49 valence electrons. The van der Waals surface area contributed by atoms with Gasteiger partial charge in [-0.3, -0.25) is 0 Å². The minimum atomic E-state index is 0. The van der Waals surface area contributed by atoms with Crippen LogP contribution in [0, 0.1) is 0 Å². The average molecular weight is 191 g/mol. The fraction of sp³-hybridized carbons (Fsp3) is 0.111. The molecule has 2 rings (SSSR count). The second-order valence-corrected chi connectivity index (χ2v) is 3.19. The van der Waals surface area contributed by atoms with Crippen molar-refractivity contribution in [2.24, 2.45) is 0 Å². The maximum atomic E-state index is 3.53. The molecule has 1 aromatic carbocycles. The molecule has 0 nitrogen and oxygen atoms in total. The summed E-state index contributed by atoms with van der Waals surface area (Å²) >= 11 is 0. The molecular formula is C9H7SiTi+2. The van der Waals surface area contributed by atoms with Crippen LogP contribution in [-0.4, -0.2) is 10.2 Å². The van der Waals surface area contributed by atoms with E-state index in [1.54, 1.807) is 0 Å². The molecule has 1 aromatic rings. The Kier molecular flexibility index (Phi) is 2.88. The monoisotopic (exact) mass is 191 g/mol. The normalized spacial score (nSPS) is 13.4. The van der Waals surface area contributed by atoms with Crippen molar-refractivity contribution in [3.8, 4) is 0 Å². The number of hydrogen-bond acceptors (Lipinski definition) is 0. The topological polar surface area (TPSA) is 0 Å². The summed E-state index contributed by atoms with van der Waals surface area (Å²) in [5.74, 6) is 0. The zero-order valence-corrected chi connectivity index (χ0v) is 8.66. The van der Waals surface area contributed by atoms with Crippen LogP contribution in [0.15, 0.2) is 29.5 Å². The molecule has 0 amide bonds. The molecule has 0 aliphatic heterocycles. The predicted molar refractivity (Wildman–Crippen MR) is 43.9 cm³/mol. The van der Waals surface area contributed by atoms with Crippen molar-refractivity contribution in [3.05, 3.63) is 40.6 Å². The van der Waals surface area contributed by atoms with E-state index < -0.39 is 0 Å². The van der Waals surface area contributed by atoms with E-state index in [1.165, 1.54) is 16.3 Å². The maximum Gasteiger partial charge on any atom is 2.00 e. The van der Waals surface area contributed by atoms with E-state index in [1.807, 2.05) is 0 Å². The first-order valence-electron chi connectivity index (χ1n) is 3.36. The SMILES string of the molecule is [Si]C1=Cc2ccccc2C1.[Ti+2]. The molecule has 2 heteroatoms. The molecule has 0 atom stereocenters. The van der Waals surface area contributed by atoms with E-state index in [0.717, 1.165) is 6.42 Å². The Hall–Kier alpha value is -0.109. The van der Waals surface area contributed by atoms with Gasteiger partial charge < -0.3 is 0 Å². The van der Waals surface area contributed by atoms with Gasteiger partial charge >= 0.3 is 21.7 Å². The summed E-state index contributed by atoms with van der Waals surface area (Å²) in [5, 5.41) is 1.28. The molecule has 0 heterocycles. The average Bonchev–Trinajstić information content (AvgIpc) is 2.27. The van der Waals surface area contributed by atoms with Crippen LogP contribution in [0.1, 0.15) is 11.1 Å². The van der Waals surface area contributed by atoms with Crippen molar-refractivity contribution in [3.63, 3.8) is 0 Å². The fourth-order valence-corrected chi connectivity index (χ4v) is 1.63. The number of allylic oxidation sites excluding steroid dienone is 1. The Morgan fingerprint density at radius 3 is 2.64 bits per heavy atom. The zero-order chi connectivity index (χ0) is 6.97. The predicted octanol–water partition coefficient (Wildman–Crippen LogP) is 1.75. The minimum Gasteiger partial charge on any atom is -0.0835 e. The van der Waals surface area contributed by atoms with E-state index >= 15 is 0 Å². The Morgan fingerprint density at radius 2 is 1.91 bits per heavy atom. The summed E-state index contributed by atoms with van der Waals surface area (Å²) in [6, 6.07) is 8.46. The van der Waals surface area contributed by atoms with Crippen LogP contribution in [0.5, 0.6) is 0 Å². The molecule has 0 unspecified atom stereocenters. The third-order valence-electron chi connectivity index (χ3n) is 1.77. The van der Waals surface area contributed by atoms with Gasteiger partial charge in [-0.2, -0.15) is 0 Å². The van der Waals surface area contributed by atoms with Crippen LogP contribution < -0.4 is 0 Å². The van der Waals surface area contributed by atoms with Crippen LogP contribution in [0.25, 0.3) is 6.08 Å². The smallest absolute Gasteiger partial charge is 0.0835 e. The van der Waals surface area contributed by atoms with Crippen molar-refractivity contribution in [1.29, 1.82) is 0 Å². The maximum absolute atomic E-state index is 3.53. The van der Waals surface area contributed by atoms with Crippen LogP contribution >= 0.6 is 0 Å². The Bertz CT molecular complexity index is 291. The second-order valence-electron chi connectivity index (χ2n) is 2.55. The molecule has 1 aliphatic carbocycles. The molecule has 0 aromatic heterocycles. The van der Waals surface area contributed by atoms with E-state index in [2.05, 4.69) is 40.6 Å². The molecule has 3 radical (unpaired) electrons. The first-order valence-corrected chi connectivity index (χ1v) is 3.86. The first kappa shape index (κ1) is 8.98. The van der Waals surface area contributed by atoms with Crippen molar-refractivity contribution >= 4 is 16.3 Å². The zero-order valence-electron chi connectivity index (χ0n) is 6.09. The van der Waals surface area contributed by atoms with E-state index in [4.69, 9.17) is 0 Å². The van der Waals surface area contributed by atoms with Crippen LogP contribution in [0.4, 0.5) is 0 Å². The van der Waals surface area contributed by atoms with E-state index in [-0.39, 0.29) is 21.7 Å². The fourth-order valence-electron chi connectivity index (χ4n) is 1.28. The van der Waals surface area contributed by atoms with Gasteiger partial charge in [-0.15, -0.1) is 0 Å². The van der Waals surface area contributed by atoms with Crippen molar-refractivity contribution in [1.82, 2.24) is 0 Å². The minimum absolute atomic E-state index is 0.